The average Bonchev–Trinajstić information content (AvgIpc) is 2.67. The van der Waals surface area contributed by atoms with Gasteiger partial charge in [-0.05, 0) is 25.6 Å². The van der Waals surface area contributed by atoms with Crippen LogP contribution in [0.2, 0.25) is 0 Å². The highest BCUT2D eigenvalue weighted by Gasteiger charge is 2.09. The van der Waals surface area contributed by atoms with E-state index in [2.05, 4.69) is 20.3 Å². The largest absolute Gasteiger partial charge is 0.373 e. The molecular formula is C10H12N4S2. The molecule has 0 unspecified atom stereocenters. The predicted octanol–water partition coefficient (Wildman–Crippen LogP) is 2.74. The first kappa shape index (κ1) is 11.3. The topological polar surface area (TPSA) is 50.7 Å². The average molecular weight is 252 g/mol. The smallest absolute Gasteiger partial charge is 0.156 e. The molecule has 1 N–H and O–H groups in total. The van der Waals surface area contributed by atoms with Crippen molar-refractivity contribution in [3.63, 3.8) is 0 Å². The number of thiazole rings is 1. The van der Waals surface area contributed by atoms with E-state index in [1.165, 1.54) is 0 Å². The quantitative estimate of drug-likeness (QED) is 0.851. The van der Waals surface area contributed by atoms with Crippen molar-refractivity contribution in [3.8, 4) is 0 Å². The fourth-order valence-electron chi connectivity index (χ4n) is 1.25. The second-order valence-electron chi connectivity index (χ2n) is 3.26. The highest BCUT2D eigenvalue weighted by Crippen LogP contribution is 2.32. The van der Waals surface area contributed by atoms with Crippen LogP contribution in [0, 0.1) is 13.8 Å². The zero-order chi connectivity index (χ0) is 11.5. The van der Waals surface area contributed by atoms with E-state index in [1.54, 1.807) is 29.4 Å². The van der Waals surface area contributed by atoms with Crippen LogP contribution >= 0.6 is 23.1 Å². The summed E-state index contributed by atoms with van der Waals surface area (Å²) in [5.74, 6) is 0.866. The maximum atomic E-state index is 4.40. The van der Waals surface area contributed by atoms with Crippen LogP contribution in [0.5, 0.6) is 0 Å². The van der Waals surface area contributed by atoms with Gasteiger partial charge in [0.2, 0.25) is 0 Å². The molecule has 16 heavy (non-hydrogen) atoms. The molecule has 2 heterocycles. The SMILES string of the molecule is CNc1ncnc(Sc2nc(C)cs2)c1C. The number of aryl methyl sites for hydroxylation is 1. The molecule has 2 aromatic heterocycles. The van der Waals surface area contributed by atoms with Crippen molar-refractivity contribution in [2.45, 2.75) is 23.2 Å². The Morgan fingerprint density at radius 3 is 2.75 bits per heavy atom. The van der Waals surface area contributed by atoms with Crippen LogP contribution in [0.3, 0.4) is 0 Å². The van der Waals surface area contributed by atoms with Crippen molar-refractivity contribution >= 4 is 28.9 Å². The number of hydrogen-bond donors (Lipinski definition) is 1. The van der Waals surface area contributed by atoms with Gasteiger partial charge in [-0.15, -0.1) is 11.3 Å². The Balaban J connectivity index is 2.28. The van der Waals surface area contributed by atoms with E-state index < -0.39 is 0 Å². The first-order valence-corrected chi connectivity index (χ1v) is 6.49. The maximum Gasteiger partial charge on any atom is 0.156 e. The summed E-state index contributed by atoms with van der Waals surface area (Å²) in [7, 11) is 1.86. The summed E-state index contributed by atoms with van der Waals surface area (Å²) in [4.78, 5) is 12.8. The van der Waals surface area contributed by atoms with Gasteiger partial charge in [0, 0.05) is 23.7 Å². The molecule has 0 saturated carbocycles. The first-order valence-electron chi connectivity index (χ1n) is 4.80. The fourth-order valence-corrected chi connectivity index (χ4v) is 3.05. The Bertz CT molecular complexity index is 495. The molecule has 0 fully saturated rings. The summed E-state index contributed by atoms with van der Waals surface area (Å²) in [5, 5.41) is 6.04. The maximum absolute atomic E-state index is 4.40. The lowest BCUT2D eigenvalue weighted by Crippen LogP contribution is -1.98. The van der Waals surface area contributed by atoms with Crippen LogP contribution in [-0.2, 0) is 0 Å². The number of rotatable bonds is 3. The molecule has 0 saturated heterocycles. The van der Waals surface area contributed by atoms with Crippen LogP contribution in [0.15, 0.2) is 21.1 Å². The summed E-state index contributed by atoms with van der Waals surface area (Å²) in [6, 6.07) is 0. The third-order valence-corrected chi connectivity index (χ3v) is 4.22. The first-order chi connectivity index (χ1) is 7.70. The van der Waals surface area contributed by atoms with Gasteiger partial charge >= 0.3 is 0 Å². The Kier molecular flexibility index (Phi) is 3.40. The lowest BCUT2D eigenvalue weighted by atomic mass is 10.3. The van der Waals surface area contributed by atoms with Crippen molar-refractivity contribution in [1.82, 2.24) is 15.0 Å². The van der Waals surface area contributed by atoms with Gasteiger partial charge in [0.05, 0.1) is 0 Å². The van der Waals surface area contributed by atoms with Crippen molar-refractivity contribution in [3.05, 3.63) is 23.0 Å². The monoisotopic (exact) mass is 252 g/mol. The molecule has 0 atom stereocenters. The zero-order valence-electron chi connectivity index (χ0n) is 9.31. The molecule has 0 aliphatic rings. The van der Waals surface area contributed by atoms with Crippen molar-refractivity contribution in [2.24, 2.45) is 0 Å². The van der Waals surface area contributed by atoms with Gasteiger partial charge in [-0.25, -0.2) is 15.0 Å². The summed E-state index contributed by atoms with van der Waals surface area (Å²) >= 11 is 3.22. The minimum Gasteiger partial charge on any atom is -0.373 e. The number of anilines is 1. The Morgan fingerprint density at radius 1 is 1.31 bits per heavy atom. The molecule has 0 aliphatic heterocycles. The molecule has 0 bridgehead atoms. The second-order valence-corrected chi connectivity index (χ2v) is 5.35. The molecule has 2 aromatic rings. The van der Waals surface area contributed by atoms with E-state index in [0.29, 0.717) is 0 Å². The predicted molar refractivity (Wildman–Crippen MR) is 67.3 cm³/mol. The molecule has 6 heteroatoms. The number of nitrogens with one attached hydrogen (secondary N) is 1. The lowest BCUT2D eigenvalue weighted by Gasteiger charge is -2.06. The third kappa shape index (κ3) is 2.33. The highest BCUT2D eigenvalue weighted by molar-refractivity contribution is 8.01. The van der Waals surface area contributed by atoms with Gasteiger partial charge in [0.25, 0.3) is 0 Å². The van der Waals surface area contributed by atoms with Gasteiger partial charge in [-0.1, -0.05) is 0 Å². The van der Waals surface area contributed by atoms with Crippen LogP contribution in [-0.4, -0.2) is 22.0 Å². The van der Waals surface area contributed by atoms with Gasteiger partial charge < -0.3 is 5.32 Å². The molecule has 4 nitrogen and oxygen atoms in total. The van der Waals surface area contributed by atoms with Crippen LogP contribution < -0.4 is 5.32 Å². The molecule has 2 rings (SSSR count). The highest BCUT2D eigenvalue weighted by atomic mass is 32.2. The minimum absolute atomic E-state index is 0.866. The fraction of sp³-hybridized carbons (Fsp3) is 0.300. The lowest BCUT2D eigenvalue weighted by molar-refractivity contribution is 1.00. The van der Waals surface area contributed by atoms with E-state index in [1.807, 2.05) is 26.3 Å². The summed E-state index contributed by atoms with van der Waals surface area (Å²) in [6.07, 6.45) is 1.57. The zero-order valence-corrected chi connectivity index (χ0v) is 10.9. The number of aromatic nitrogens is 3. The molecule has 0 radical (unpaired) electrons. The summed E-state index contributed by atoms with van der Waals surface area (Å²) < 4.78 is 1.02. The van der Waals surface area contributed by atoms with E-state index in [9.17, 15) is 0 Å². The standard InChI is InChI=1S/C10H12N4S2/c1-6-4-15-10(14-6)16-9-7(2)8(11-3)12-5-13-9/h4-5H,1-3H3,(H,11,12,13). The molecular weight excluding hydrogens is 240 g/mol. The summed E-state index contributed by atoms with van der Waals surface area (Å²) in [6.45, 7) is 4.00. The van der Waals surface area contributed by atoms with Crippen molar-refractivity contribution in [2.75, 3.05) is 12.4 Å². The third-order valence-electron chi connectivity index (χ3n) is 2.06. The van der Waals surface area contributed by atoms with Gasteiger partial charge in [-0.3, -0.25) is 0 Å². The normalized spacial score (nSPS) is 10.4. The Hall–Kier alpha value is -1.14. The Morgan fingerprint density at radius 2 is 2.12 bits per heavy atom. The van der Waals surface area contributed by atoms with E-state index in [-0.39, 0.29) is 0 Å². The van der Waals surface area contributed by atoms with Crippen molar-refractivity contribution in [1.29, 1.82) is 0 Å². The van der Waals surface area contributed by atoms with Crippen LogP contribution in [0.4, 0.5) is 5.82 Å². The van der Waals surface area contributed by atoms with E-state index in [0.717, 1.165) is 26.4 Å². The van der Waals surface area contributed by atoms with Gasteiger partial charge in [-0.2, -0.15) is 0 Å². The van der Waals surface area contributed by atoms with Crippen molar-refractivity contribution < 1.29 is 0 Å². The Labute approximate surface area is 103 Å². The summed E-state index contributed by atoms with van der Waals surface area (Å²) in [5.41, 5.74) is 2.11. The van der Waals surface area contributed by atoms with Gasteiger partial charge in [0.15, 0.2) is 4.34 Å². The second kappa shape index (κ2) is 4.80. The van der Waals surface area contributed by atoms with Crippen LogP contribution in [0.1, 0.15) is 11.3 Å². The minimum atomic E-state index is 0.866. The molecule has 0 aliphatic carbocycles. The van der Waals surface area contributed by atoms with Crippen LogP contribution in [0.25, 0.3) is 0 Å². The molecule has 84 valence electrons. The molecule has 0 aromatic carbocycles. The number of nitrogens with zero attached hydrogens (tertiary/aromatic N) is 3. The van der Waals surface area contributed by atoms with E-state index >= 15 is 0 Å². The molecule has 0 spiro atoms. The molecule has 0 amide bonds. The number of hydrogen-bond acceptors (Lipinski definition) is 6. The van der Waals surface area contributed by atoms with Gasteiger partial charge in [0.1, 0.15) is 17.2 Å². The van der Waals surface area contributed by atoms with E-state index in [4.69, 9.17) is 0 Å².